The van der Waals surface area contributed by atoms with Crippen molar-refractivity contribution in [2.24, 2.45) is 23.2 Å². The Morgan fingerprint density at radius 1 is 1.12 bits per heavy atom. The van der Waals surface area contributed by atoms with Gasteiger partial charge in [-0.15, -0.1) is 4.36 Å². The summed E-state index contributed by atoms with van der Waals surface area (Å²) in [5.41, 5.74) is 4.06. The van der Waals surface area contributed by atoms with Crippen LogP contribution in [-0.2, 0) is 39.3 Å². The first-order valence-corrected chi connectivity index (χ1v) is 20.2. The van der Waals surface area contributed by atoms with Crippen LogP contribution in [0.2, 0.25) is 5.02 Å². The molecule has 12 heteroatoms. The van der Waals surface area contributed by atoms with Gasteiger partial charge in [-0.05, 0) is 119 Å². The van der Waals surface area contributed by atoms with Gasteiger partial charge in [0.1, 0.15) is 15.7 Å². The molecule has 5 rings (SSSR count). The number of ether oxygens (including phenoxy) is 2. The van der Waals surface area contributed by atoms with Crippen molar-refractivity contribution in [1.82, 2.24) is 14.5 Å². The number of rotatable bonds is 12. The number of nitrogens with one attached hydrogen (secondary N) is 1. The second kappa shape index (κ2) is 18.2. The highest BCUT2D eigenvalue weighted by molar-refractivity contribution is 7.92. The molecule has 2 heterocycles. The zero-order valence-electron chi connectivity index (χ0n) is 30.3. The van der Waals surface area contributed by atoms with Crippen molar-refractivity contribution in [1.29, 1.82) is 0 Å². The second-order valence-corrected chi connectivity index (χ2v) is 16.1. The largest absolute Gasteiger partial charge is 0.491 e. The minimum atomic E-state index is -3.41. The summed E-state index contributed by atoms with van der Waals surface area (Å²) < 4.78 is 35.1. The number of unbranched alkanes of at least 4 members (excludes halogenated alkanes) is 1. The van der Waals surface area contributed by atoms with Gasteiger partial charge >= 0.3 is 0 Å². The van der Waals surface area contributed by atoms with E-state index in [4.69, 9.17) is 21.1 Å². The molecule has 276 valence electrons. The summed E-state index contributed by atoms with van der Waals surface area (Å²) in [6.07, 6.45) is 10.6. The number of anilines is 1. The zero-order chi connectivity index (χ0) is 36.4. The van der Waals surface area contributed by atoms with Crippen molar-refractivity contribution in [3.63, 3.8) is 0 Å². The van der Waals surface area contributed by atoms with E-state index in [2.05, 4.69) is 44.2 Å². The summed E-state index contributed by atoms with van der Waals surface area (Å²) in [5, 5.41) is 5.08. The van der Waals surface area contributed by atoms with Crippen molar-refractivity contribution in [2.75, 3.05) is 37.5 Å². The molecule has 1 aliphatic carbocycles. The molecule has 51 heavy (non-hydrogen) atoms. The van der Waals surface area contributed by atoms with E-state index < -0.39 is 21.7 Å². The van der Waals surface area contributed by atoms with Crippen LogP contribution in [0, 0.1) is 18.8 Å². The molecule has 0 saturated heterocycles. The van der Waals surface area contributed by atoms with E-state index in [1.165, 1.54) is 5.56 Å². The lowest BCUT2D eigenvalue weighted by Crippen LogP contribution is -2.43. The van der Waals surface area contributed by atoms with Crippen LogP contribution in [0.4, 0.5) is 5.69 Å². The number of fused-ring (bicyclic) bond motifs is 3. The van der Waals surface area contributed by atoms with Gasteiger partial charge in [0.2, 0.25) is 5.91 Å². The lowest BCUT2D eigenvalue weighted by molar-refractivity contribution is -0.119. The summed E-state index contributed by atoms with van der Waals surface area (Å²) in [4.78, 5) is 29.1. The third-order valence-corrected chi connectivity index (χ3v) is 12.0. The van der Waals surface area contributed by atoms with Crippen LogP contribution in [0.3, 0.4) is 0 Å². The molecular formula is C39H52ClN5O5S. The van der Waals surface area contributed by atoms with Gasteiger partial charge in [-0.1, -0.05) is 35.9 Å². The first kappa shape index (κ1) is 38.6. The number of amides is 2. The monoisotopic (exact) mass is 737 g/mol. The highest BCUT2D eigenvalue weighted by atomic mass is 35.5. The predicted molar refractivity (Wildman–Crippen MR) is 204 cm³/mol. The predicted octanol–water partition coefficient (Wildman–Crippen LogP) is 7.27. The fraction of sp³-hybridized carbons (Fsp3) is 0.513. The van der Waals surface area contributed by atoms with Gasteiger partial charge in [0.15, 0.2) is 0 Å². The molecule has 1 aliphatic heterocycles. The van der Waals surface area contributed by atoms with Gasteiger partial charge in [0.05, 0.1) is 29.8 Å². The summed E-state index contributed by atoms with van der Waals surface area (Å²) >= 11 is 6.16. The van der Waals surface area contributed by atoms with Crippen molar-refractivity contribution in [3.8, 4) is 5.75 Å². The summed E-state index contributed by atoms with van der Waals surface area (Å²) in [6, 6.07) is 15.1. The minimum Gasteiger partial charge on any atom is -0.491 e. The molecule has 10 nitrogen and oxygen atoms in total. The van der Waals surface area contributed by atoms with Crippen molar-refractivity contribution in [2.45, 2.75) is 77.7 Å². The fourth-order valence-electron chi connectivity index (χ4n) is 6.96. The quantitative estimate of drug-likeness (QED) is 0.154. The van der Waals surface area contributed by atoms with Gasteiger partial charge in [-0.3, -0.25) is 19.0 Å². The SMILES string of the molecule is CCN1C[C@@H]2CC[C@H]2[C@@H](OC)/C=C/CCCS(=O)(NC(=O)CCc2cc(C)nn2C)=NC(=O)c2ccc(OCCCCc3cccc(Cl)c3)c1c2. The van der Waals surface area contributed by atoms with E-state index in [1.807, 2.05) is 44.3 Å². The number of methoxy groups -OCH3 is 1. The number of benzene rings is 2. The van der Waals surface area contributed by atoms with Crippen LogP contribution < -0.4 is 14.4 Å². The normalized spacial score (nSPS) is 23.1. The van der Waals surface area contributed by atoms with Gasteiger partial charge < -0.3 is 14.4 Å². The first-order valence-electron chi connectivity index (χ1n) is 18.1. The lowest BCUT2D eigenvalue weighted by atomic mass is 9.70. The minimum absolute atomic E-state index is 0.0251. The van der Waals surface area contributed by atoms with E-state index in [-0.39, 0.29) is 18.3 Å². The van der Waals surface area contributed by atoms with E-state index in [1.54, 1.807) is 23.9 Å². The Labute approximate surface area is 308 Å². The van der Waals surface area contributed by atoms with Crippen molar-refractivity contribution < 1.29 is 23.3 Å². The van der Waals surface area contributed by atoms with E-state index >= 15 is 0 Å². The molecular weight excluding hydrogens is 686 g/mol. The average Bonchev–Trinajstić information content (AvgIpc) is 3.42. The fourth-order valence-corrected chi connectivity index (χ4v) is 8.80. The maximum atomic E-state index is 14.2. The molecule has 1 saturated carbocycles. The number of carbonyl (C=O) groups is 2. The lowest BCUT2D eigenvalue weighted by Gasteiger charge is -2.43. The third-order valence-electron chi connectivity index (χ3n) is 9.89. The van der Waals surface area contributed by atoms with E-state index in [0.717, 1.165) is 60.7 Å². The smallest absolute Gasteiger partial charge is 0.286 e. The van der Waals surface area contributed by atoms with Crippen LogP contribution in [0.15, 0.2) is 65.0 Å². The molecule has 1 fully saturated rings. The number of nitrogens with zero attached hydrogens (tertiary/aromatic N) is 4. The van der Waals surface area contributed by atoms with E-state index in [9.17, 15) is 13.8 Å². The van der Waals surface area contributed by atoms with Crippen LogP contribution in [0.1, 0.15) is 79.2 Å². The van der Waals surface area contributed by atoms with Gasteiger partial charge in [-0.2, -0.15) is 5.10 Å². The molecule has 3 aromatic rings. The van der Waals surface area contributed by atoms with Crippen LogP contribution >= 0.6 is 11.6 Å². The maximum absolute atomic E-state index is 14.2. The molecule has 1 N–H and O–H groups in total. The molecule has 0 radical (unpaired) electrons. The first-order chi connectivity index (χ1) is 24.6. The molecule has 2 bridgehead atoms. The zero-order valence-corrected chi connectivity index (χ0v) is 31.9. The highest BCUT2D eigenvalue weighted by Gasteiger charge is 2.37. The Morgan fingerprint density at radius 3 is 2.67 bits per heavy atom. The number of allylic oxidation sites excluding steroid dienone is 1. The van der Waals surface area contributed by atoms with Gasteiger partial charge in [-0.25, -0.2) is 4.21 Å². The Kier molecular flexibility index (Phi) is 13.8. The Bertz CT molecular complexity index is 1820. The average molecular weight is 738 g/mol. The topological polar surface area (TPSA) is 115 Å². The summed E-state index contributed by atoms with van der Waals surface area (Å²) in [5.74, 6) is 0.482. The highest BCUT2D eigenvalue weighted by Crippen LogP contribution is 2.41. The molecule has 2 aliphatic rings. The maximum Gasteiger partial charge on any atom is 0.286 e. The van der Waals surface area contributed by atoms with E-state index in [0.29, 0.717) is 55.6 Å². The Balaban J connectivity index is 1.39. The molecule has 2 aromatic carbocycles. The van der Waals surface area contributed by atoms with Gasteiger partial charge in [0, 0.05) is 49.9 Å². The third kappa shape index (κ3) is 10.7. The van der Waals surface area contributed by atoms with Crippen molar-refractivity contribution >= 4 is 39.0 Å². The summed E-state index contributed by atoms with van der Waals surface area (Å²) in [7, 11) is 0.170. The number of hydrogen-bond donors (Lipinski definition) is 1. The van der Waals surface area contributed by atoms with Crippen LogP contribution in [-0.4, -0.2) is 64.5 Å². The number of aryl methyl sites for hydroxylation is 4. The number of aromatic nitrogens is 2. The summed E-state index contributed by atoms with van der Waals surface area (Å²) in [6.45, 7) is 6.01. The molecule has 0 spiro atoms. The Morgan fingerprint density at radius 2 is 1.96 bits per heavy atom. The van der Waals surface area contributed by atoms with Gasteiger partial charge in [0.25, 0.3) is 5.91 Å². The molecule has 2 amide bonds. The number of hydrogen-bond acceptors (Lipinski definition) is 7. The molecule has 4 atom stereocenters. The second-order valence-electron chi connectivity index (χ2n) is 13.6. The Hall–Kier alpha value is -3.67. The van der Waals surface area contributed by atoms with Crippen LogP contribution in [0.5, 0.6) is 5.75 Å². The molecule has 1 unspecified atom stereocenters. The van der Waals surface area contributed by atoms with Crippen molar-refractivity contribution in [3.05, 3.63) is 88.2 Å². The number of carbonyl (C=O) groups excluding carboxylic acids is 2. The standard InChI is InChI=1S/C39H52ClN5O5S/c1-5-45-27-31-16-19-34(31)36(49-4)15-7-6-10-23-51(48,42-38(46)21-18-33-24-28(2)41-44(33)3)43-39(47)30-17-20-37(35(45)26-30)50-22-9-8-12-29-13-11-14-32(40)25-29/h7,11,13-15,17,20,24-26,31,34,36H,5-6,8-10,12,16,18-19,21-23,27H2,1-4H3,(H,42,43,46,47,48)/b15-7+/t31-,34+,36-,51?/m0/s1. The number of halogens is 1. The molecule has 1 aromatic heterocycles. The van der Waals surface area contributed by atoms with Crippen LogP contribution in [0.25, 0.3) is 0 Å².